The highest BCUT2D eigenvalue weighted by atomic mass is 19.1. The molecular formula is C34H35F3O3. The number of carboxylic acids is 1. The van der Waals surface area contributed by atoms with Crippen molar-refractivity contribution in [1.29, 1.82) is 0 Å². The van der Waals surface area contributed by atoms with Gasteiger partial charge < -0.3 is 9.84 Å². The van der Waals surface area contributed by atoms with E-state index in [1.807, 2.05) is 13.0 Å². The number of hydrogen-bond donors (Lipinski definition) is 1. The summed E-state index contributed by atoms with van der Waals surface area (Å²) in [6.07, 6.45) is 5.59. The molecule has 0 aliphatic heterocycles. The molecule has 2 saturated carbocycles. The Kier molecular flexibility index (Phi) is 6.51. The molecule has 3 aromatic rings. The van der Waals surface area contributed by atoms with E-state index in [0.29, 0.717) is 36.0 Å². The van der Waals surface area contributed by atoms with Gasteiger partial charge in [0, 0.05) is 22.1 Å². The third kappa shape index (κ3) is 4.40. The maximum Gasteiger partial charge on any atom is 0.307 e. The Hall–Kier alpha value is -3.28. The van der Waals surface area contributed by atoms with E-state index in [4.69, 9.17) is 4.74 Å². The summed E-state index contributed by atoms with van der Waals surface area (Å²) < 4.78 is 52.4. The maximum absolute atomic E-state index is 15.9. The zero-order valence-corrected chi connectivity index (χ0v) is 23.3. The molecule has 6 heteroatoms. The Bertz CT molecular complexity index is 1510. The van der Waals surface area contributed by atoms with Crippen molar-refractivity contribution in [3.63, 3.8) is 0 Å². The van der Waals surface area contributed by atoms with Crippen LogP contribution in [0.2, 0.25) is 0 Å². The van der Waals surface area contributed by atoms with Crippen LogP contribution in [-0.4, -0.2) is 11.1 Å². The molecule has 0 amide bonds. The molecule has 3 aromatic carbocycles. The zero-order valence-electron chi connectivity index (χ0n) is 23.3. The van der Waals surface area contributed by atoms with Crippen molar-refractivity contribution in [2.45, 2.75) is 83.7 Å². The van der Waals surface area contributed by atoms with Gasteiger partial charge in [0.15, 0.2) is 11.6 Å². The van der Waals surface area contributed by atoms with Crippen LogP contribution < -0.4 is 4.74 Å². The van der Waals surface area contributed by atoms with Crippen LogP contribution in [0.5, 0.6) is 5.75 Å². The van der Waals surface area contributed by atoms with Crippen LogP contribution in [0.15, 0.2) is 42.5 Å². The number of hydrogen-bond acceptors (Lipinski definition) is 2. The number of aryl methyl sites for hydroxylation is 2. The minimum atomic E-state index is -0.895. The van der Waals surface area contributed by atoms with Crippen molar-refractivity contribution >= 4 is 5.97 Å². The molecule has 1 spiro atoms. The molecular weight excluding hydrogens is 513 g/mol. The van der Waals surface area contributed by atoms with E-state index in [2.05, 4.69) is 13.8 Å². The number of ether oxygens (including phenoxy) is 1. The van der Waals surface area contributed by atoms with Gasteiger partial charge in [-0.1, -0.05) is 38.0 Å². The number of aliphatic carboxylic acids is 1. The number of carbonyl (C=O) groups is 1. The summed E-state index contributed by atoms with van der Waals surface area (Å²) >= 11 is 0. The average molecular weight is 549 g/mol. The number of benzene rings is 3. The largest absolute Gasteiger partial charge is 0.486 e. The highest BCUT2D eigenvalue weighted by Gasteiger charge is 2.62. The Morgan fingerprint density at radius 3 is 2.50 bits per heavy atom. The van der Waals surface area contributed by atoms with E-state index in [0.717, 1.165) is 42.4 Å². The van der Waals surface area contributed by atoms with Crippen molar-refractivity contribution in [3.8, 4) is 16.9 Å². The quantitative estimate of drug-likeness (QED) is 0.335. The lowest BCUT2D eigenvalue weighted by molar-refractivity contribution is -0.139. The minimum absolute atomic E-state index is 0.00650. The molecule has 6 rings (SSSR count). The number of rotatable bonds is 6. The summed E-state index contributed by atoms with van der Waals surface area (Å²) in [5.74, 6) is -2.81. The molecule has 3 aliphatic carbocycles. The molecule has 40 heavy (non-hydrogen) atoms. The molecule has 0 heterocycles. The van der Waals surface area contributed by atoms with Crippen LogP contribution in [0.4, 0.5) is 13.2 Å². The van der Waals surface area contributed by atoms with Crippen LogP contribution >= 0.6 is 0 Å². The molecule has 1 N–H and O–H groups in total. The Morgan fingerprint density at radius 2 is 1.80 bits per heavy atom. The first-order valence-corrected chi connectivity index (χ1v) is 14.3. The molecule has 0 aromatic heterocycles. The maximum atomic E-state index is 15.9. The smallest absolute Gasteiger partial charge is 0.307 e. The molecule has 3 nitrogen and oxygen atoms in total. The molecule has 0 bridgehead atoms. The lowest BCUT2D eigenvalue weighted by atomic mass is 9.75. The summed E-state index contributed by atoms with van der Waals surface area (Å²) in [5, 5.41) is 9.61. The van der Waals surface area contributed by atoms with Crippen LogP contribution in [0.3, 0.4) is 0 Å². The fraction of sp³-hybridized carbons (Fsp3) is 0.441. The number of halogens is 3. The lowest BCUT2D eigenvalue weighted by Gasteiger charge is -2.30. The van der Waals surface area contributed by atoms with Gasteiger partial charge in [0.25, 0.3) is 0 Å². The standard InChI is InChI=1S/C34H35F3O3/c1-19-8-10-27(35)24(14-19)22-16-28(36)21(15-23(22)25-7-5-12-33(25,2)3)18-40-29-11-9-20-6-4-13-34(30(20)31(29)37)17-26(34)32(38)39/h8-11,14-16,25-26H,4-7,12-13,17-18H2,1-3H3,(H,38,39)/t25-,26-,34+/m0/s1. The first-order chi connectivity index (χ1) is 19.0. The first kappa shape index (κ1) is 26.9. The summed E-state index contributed by atoms with van der Waals surface area (Å²) in [6.45, 7) is 6.09. The van der Waals surface area contributed by atoms with E-state index >= 15 is 13.2 Å². The fourth-order valence-electron chi connectivity index (χ4n) is 7.53. The number of carboxylic acid groups (broad SMARTS) is 1. The fourth-order valence-corrected chi connectivity index (χ4v) is 7.53. The monoisotopic (exact) mass is 548 g/mol. The van der Waals surface area contributed by atoms with Crippen molar-refractivity contribution < 1.29 is 27.8 Å². The molecule has 2 fully saturated rings. The van der Waals surface area contributed by atoms with Gasteiger partial charge in [-0.15, -0.1) is 0 Å². The molecule has 210 valence electrons. The van der Waals surface area contributed by atoms with E-state index in [1.165, 1.54) is 12.1 Å². The second kappa shape index (κ2) is 9.67. The van der Waals surface area contributed by atoms with Gasteiger partial charge in [-0.25, -0.2) is 13.2 Å². The molecule has 0 radical (unpaired) electrons. The highest BCUT2D eigenvalue weighted by molar-refractivity contribution is 5.78. The summed E-state index contributed by atoms with van der Waals surface area (Å²) in [7, 11) is 0. The second-order valence-corrected chi connectivity index (χ2v) is 12.8. The Labute approximate surface area is 233 Å². The van der Waals surface area contributed by atoms with Gasteiger partial charge in [-0.2, -0.15) is 0 Å². The average Bonchev–Trinajstić information content (AvgIpc) is 3.51. The van der Waals surface area contributed by atoms with E-state index < -0.39 is 34.8 Å². The second-order valence-electron chi connectivity index (χ2n) is 12.8. The van der Waals surface area contributed by atoms with Crippen molar-refractivity contribution in [3.05, 3.63) is 87.7 Å². The predicted molar refractivity (Wildman–Crippen MR) is 148 cm³/mol. The predicted octanol–water partition coefficient (Wildman–Crippen LogP) is 8.63. The van der Waals surface area contributed by atoms with E-state index in [-0.39, 0.29) is 29.3 Å². The van der Waals surface area contributed by atoms with Crippen LogP contribution in [0.1, 0.15) is 86.1 Å². The van der Waals surface area contributed by atoms with E-state index in [1.54, 1.807) is 24.3 Å². The molecule has 3 atom stereocenters. The topological polar surface area (TPSA) is 46.5 Å². The van der Waals surface area contributed by atoms with Gasteiger partial charge >= 0.3 is 5.97 Å². The van der Waals surface area contributed by atoms with Gasteiger partial charge in [-0.3, -0.25) is 4.79 Å². The van der Waals surface area contributed by atoms with Crippen molar-refractivity contribution in [2.75, 3.05) is 0 Å². The van der Waals surface area contributed by atoms with Crippen molar-refractivity contribution in [1.82, 2.24) is 0 Å². The molecule has 3 aliphatic rings. The Balaban J connectivity index is 1.36. The van der Waals surface area contributed by atoms with Gasteiger partial charge in [-0.05, 0) is 104 Å². The van der Waals surface area contributed by atoms with Crippen LogP contribution in [0, 0.1) is 35.7 Å². The van der Waals surface area contributed by atoms with Gasteiger partial charge in [0.2, 0.25) is 0 Å². The van der Waals surface area contributed by atoms with Gasteiger partial charge in [0.1, 0.15) is 18.2 Å². The third-order valence-corrected chi connectivity index (χ3v) is 9.78. The van der Waals surface area contributed by atoms with Gasteiger partial charge in [0.05, 0.1) is 5.92 Å². The minimum Gasteiger partial charge on any atom is -0.486 e. The first-order valence-electron chi connectivity index (χ1n) is 14.3. The third-order valence-electron chi connectivity index (χ3n) is 9.78. The zero-order chi connectivity index (χ0) is 28.4. The molecule has 0 unspecified atom stereocenters. The number of fused-ring (bicyclic) bond motifs is 2. The lowest BCUT2D eigenvalue weighted by Crippen LogP contribution is -2.23. The van der Waals surface area contributed by atoms with Crippen LogP contribution in [-0.2, 0) is 23.2 Å². The van der Waals surface area contributed by atoms with Crippen molar-refractivity contribution in [2.24, 2.45) is 11.3 Å². The molecule has 0 saturated heterocycles. The van der Waals surface area contributed by atoms with Crippen LogP contribution in [0.25, 0.3) is 11.1 Å². The SMILES string of the molecule is Cc1ccc(F)c(-c2cc(F)c(COc3ccc4c(c3F)[C@]3(CCC4)C[C@H]3C(=O)O)cc2[C@@H]2CCCC2(C)C)c1. The highest BCUT2D eigenvalue weighted by Crippen LogP contribution is 2.61. The van der Waals surface area contributed by atoms with E-state index in [9.17, 15) is 9.90 Å². The normalized spacial score (nSPS) is 24.6. The Morgan fingerprint density at radius 1 is 1.00 bits per heavy atom. The summed E-state index contributed by atoms with van der Waals surface area (Å²) in [6, 6.07) is 11.5. The summed E-state index contributed by atoms with van der Waals surface area (Å²) in [5.41, 5.74) is 3.59. The summed E-state index contributed by atoms with van der Waals surface area (Å²) in [4.78, 5) is 11.7.